The molecule has 7 heteroatoms. The van der Waals surface area contributed by atoms with Gasteiger partial charge in [-0.25, -0.2) is 9.50 Å². The van der Waals surface area contributed by atoms with Gasteiger partial charge in [-0.3, -0.25) is 4.79 Å². The molecule has 0 aliphatic heterocycles. The van der Waals surface area contributed by atoms with E-state index >= 15 is 0 Å². The zero-order valence-electron chi connectivity index (χ0n) is 16.5. The van der Waals surface area contributed by atoms with Gasteiger partial charge in [-0.05, 0) is 50.3 Å². The predicted octanol–water partition coefficient (Wildman–Crippen LogP) is 4.38. The summed E-state index contributed by atoms with van der Waals surface area (Å²) in [6.45, 7) is 7.22. The molecule has 1 saturated carbocycles. The summed E-state index contributed by atoms with van der Waals surface area (Å²) in [5, 5.41) is 10.9. The molecule has 1 amide bonds. The van der Waals surface area contributed by atoms with Crippen molar-refractivity contribution < 1.29 is 4.79 Å². The summed E-state index contributed by atoms with van der Waals surface area (Å²) in [7, 11) is 0. The Morgan fingerprint density at radius 3 is 2.64 bits per heavy atom. The zero-order valence-corrected chi connectivity index (χ0v) is 17.3. The van der Waals surface area contributed by atoms with Crippen molar-refractivity contribution in [3.8, 4) is 11.3 Å². The van der Waals surface area contributed by atoms with E-state index in [0.717, 1.165) is 42.0 Å². The van der Waals surface area contributed by atoms with Gasteiger partial charge in [-0.15, -0.1) is 0 Å². The summed E-state index contributed by atoms with van der Waals surface area (Å²) in [6.07, 6.45) is 6.01. The fourth-order valence-electron chi connectivity index (χ4n) is 2.77. The second-order valence-corrected chi connectivity index (χ2v) is 7.43. The number of fused-ring (bicyclic) bond motifs is 1. The maximum absolute atomic E-state index is 9.54. The van der Waals surface area contributed by atoms with Crippen LogP contribution in [0.15, 0.2) is 30.5 Å². The molecule has 28 heavy (non-hydrogen) atoms. The first kappa shape index (κ1) is 20.1. The fourth-order valence-corrected chi connectivity index (χ4v) is 2.96. The number of imidazole rings is 1. The minimum absolute atomic E-state index is 0.453. The lowest BCUT2D eigenvalue weighted by molar-refractivity contribution is -0.109. The van der Waals surface area contributed by atoms with Crippen LogP contribution in [0.1, 0.15) is 37.3 Å². The number of benzene rings is 1. The molecule has 2 heterocycles. The first-order chi connectivity index (χ1) is 13.5. The Hall–Kier alpha value is -2.60. The highest BCUT2D eigenvalue weighted by Gasteiger charge is 2.19. The van der Waals surface area contributed by atoms with Gasteiger partial charge in [-0.2, -0.15) is 5.10 Å². The maximum atomic E-state index is 9.54. The quantitative estimate of drug-likeness (QED) is 0.603. The van der Waals surface area contributed by atoms with E-state index in [2.05, 4.69) is 59.7 Å². The van der Waals surface area contributed by atoms with Gasteiger partial charge in [0.05, 0.1) is 17.6 Å². The summed E-state index contributed by atoms with van der Waals surface area (Å²) in [5.41, 5.74) is 6.27. The molecule has 1 aromatic carbocycles. The number of halogens is 1. The Kier molecular flexibility index (Phi) is 6.52. The van der Waals surface area contributed by atoms with Crippen molar-refractivity contribution in [3.05, 3.63) is 46.7 Å². The highest BCUT2D eigenvalue weighted by molar-refractivity contribution is 6.29. The molecule has 0 unspecified atom stereocenters. The third-order valence-corrected chi connectivity index (χ3v) is 4.87. The molecular weight excluding hydrogens is 374 g/mol. The van der Waals surface area contributed by atoms with Crippen LogP contribution >= 0.6 is 11.6 Å². The van der Waals surface area contributed by atoms with E-state index in [9.17, 15) is 4.79 Å². The number of anilines is 1. The van der Waals surface area contributed by atoms with Crippen LogP contribution in [-0.2, 0) is 4.79 Å². The largest absolute Gasteiger partial charge is 0.382 e. The molecule has 4 rings (SSSR count). The van der Waals surface area contributed by atoms with E-state index in [-0.39, 0.29) is 0 Å². The van der Waals surface area contributed by atoms with Crippen molar-refractivity contribution in [2.24, 2.45) is 0 Å². The monoisotopic (exact) mass is 399 g/mol. The standard InChI is InChI=1S/C17H19ClN4.C4H7NO/c1-4-7-19-14-9-16(18)21-22-15(10-20-17(14)22)13-6-5-11(2)12(3)8-13;6-3-5-4-1-2-4/h5-6,8-10,19H,4,7H2,1-3H3;3-4H,1-2H2,(H,5,6). The van der Waals surface area contributed by atoms with Crippen molar-refractivity contribution >= 4 is 29.3 Å². The van der Waals surface area contributed by atoms with Crippen LogP contribution in [0.5, 0.6) is 0 Å². The van der Waals surface area contributed by atoms with E-state index in [4.69, 9.17) is 11.6 Å². The van der Waals surface area contributed by atoms with Crippen molar-refractivity contribution in [1.82, 2.24) is 19.9 Å². The number of nitrogens with one attached hydrogen (secondary N) is 2. The van der Waals surface area contributed by atoms with Crippen LogP contribution in [0.4, 0.5) is 5.69 Å². The average molecular weight is 400 g/mol. The molecule has 0 saturated heterocycles. The molecule has 3 aromatic rings. The lowest BCUT2D eigenvalue weighted by atomic mass is 10.0. The Bertz CT molecular complexity index is 965. The molecule has 1 aliphatic rings. The lowest BCUT2D eigenvalue weighted by Crippen LogP contribution is -2.11. The number of hydrogen-bond donors (Lipinski definition) is 2. The minimum Gasteiger partial charge on any atom is -0.382 e. The number of carbonyl (C=O) groups is 1. The molecular formula is C21H26ClN5O. The van der Waals surface area contributed by atoms with Crippen LogP contribution in [0.2, 0.25) is 5.15 Å². The molecule has 2 N–H and O–H groups in total. The van der Waals surface area contributed by atoms with Gasteiger partial charge in [0.2, 0.25) is 6.41 Å². The Morgan fingerprint density at radius 2 is 2.04 bits per heavy atom. The third kappa shape index (κ3) is 4.81. The van der Waals surface area contributed by atoms with Gasteiger partial charge < -0.3 is 10.6 Å². The number of aromatic nitrogens is 3. The molecule has 6 nitrogen and oxygen atoms in total. The smallest absolute Gasteiger partial charge is 0.207 e. The number of rotatable bonds is 6. The topological polar surface area (TPSA) is 71.3 Å². The second kappa shape index (κ2) is 9.06. The van der Waals surface area contributed by atoms with Crippen LogP contribution in [0.25, 0.3) is 16.9 Å². The first-order valence-corrected chi connectivity index (χ1v) is 9.96. The summed E-state index contributed by atoms with van der Waals surface area (Å²) in [5.74, 6) is 0. The van der Waals surface area contributed by atoms with Gasteiger partial charge in [0.1, 0.15) is 0 Å². The van der Waals surface area contributed by atoms with E-state index in [1.807, 2.05) is 16.8 Å². The molecule has 148 valence electrons. The van der Waals surface area contributed by atoms with Gasteiger partial charge in [0.25, 0.3) is 0 Å². The maximum Gasteiger partial charge on any atom is 0.207 e. The van der Waals surface area contributed by atoms with Crippen molar-refractivity contribution in [3.63, 3.8) is 0 Å². The number of hydrogen-bond acceptors (Lipinski definition) is 4. The third-order valence-electron chi connectivity index (χ3n) is 4.69. The summed E-state index contributed by atoms with van der Waals surface area (Å²) in [6, 6.07) is 8.71. The van der Waals surface area contributed by atoms with Crippen molar-refractivity contribution in [1.29, 1.82) is 0 Å². The normalized spacial score (nSPS) is 13.0. The lowest BCUT2D eigenvalue weighted by Gasteiger charge is -2.08. The summed E-state index contributed by atoms with van der Waals surface area (Å²) in [4.78, 5) is 14.1. The highest BCUT2D eigenvalue weighted by Crippen LogP contribution is 2.27. The summed E-state index contributed by atoms with van der Waals surface area (Å²) < 4.78 is 1.81. The Morgan fingerprint density at radius 1 is 1.25 bits per heavy atom. The minimum atomic E-state index is 0.453. The molecule has 0 spiro atoms. The van der Waals surface area contributed by atoms with E-state index < -0.39 is 0 Å². The van der Waals surface area contributed by atoms with Gasteiger partial charge in [0.15, 0.2) is 10.8 Å². The molecule has 0 radical (unpaired) electrons. The SMILES string of the molecule is CCCNc1cc(Cl)nn2c(-c3ccc(C)c(C)c3)cnc12.O=CNC1CC1. The zero-order chi connectivity index (χ0) is 20.1. The van der Waals surface area contributed by atoms with Crippen molar-refractivity contribution in [2.45, 2.75) is 46.1 Å². The van der Waals surface area contributed by atoms with Gasteiger partial charge >= 0.3 is 0 Å². The van der Waals surface area contributed by atoms with Gasteiger partial charge in [0, 0.05) is 24.2 Å². The number of carbonyl (C=O) groups excluding carboxylic acids is 1. The predicted molar refractivity (Wildman–Crippen MR) is 114 cm³/mol. The second-order valence-electron chi connectivity index (χ2n) is 7.04. The van der Waals surface area contributed by atoms with Crippen LogP contribution in [0.3, 0.4) is 0 Å². The van der Waals surface area contributed by atoms with Gasteiger partial charge in [-0.1, -0.05) is 30.7 Å². The highest BCUT2D eigenvalue weighted by atomic mass is 35.5. The molecule has 1 aliphatic carbocycles. The van der Waals surface area contributed by atoms with Crippen molar-refractivity contribution in [2.75, 3.05) is 11.9 Å². The van der Waals surface area contributed by atoms with E-state index in [1.165, 1.54) is 24.0 Å². The number of nitrogens with zero attached hydrogens (tertiary/aromatic N) is 3. The molecule has 0 bridgehead atoms. The summed E-state index contributed by atoms with van der Waals surface area (Å²) >= 11 is 6.18. The number of aryl methyl sites for hydroxylation is 2. The Balaban J connectivity index is 0.000000320. The molecule has 1 fully saturated rings. The molecule has 2 aromatic heterocycles. The molecule has 0 atom stereocenters. The van der Waals surface area contributed by atoms with E-state index in [0.29, 0.717) is 11.2 Å². The van der Waals surface area contributed by atoms with Crippen LogP contribution in [0, 0.1) is 13.8 Å². The van der Waals surface area contributed by atoms with E-state index in [1.54, 1.807) is 0 Å². The first-order valence-electron chi connectivity index (χ1n) is 9.59. The van der Waals surface area contributed by atoms with Crippen LogP contribution in [-0.4, -0.2) is 33.6 Å². The van der Waals surface area contributed by atoms with Crippen LogP contribution < -0.4 is 10.6 Å². The average Bonchev–Trinajstić information content (AvgIpc) is 3.39. The number of amides is 1. The fraction of sp³-hybridized carbons (Fsp3) is 0.381. The Labute approximate surface area is 170 Å².